The molecule has 0 aromatic heterocycles. The van der Waals surface area contributed by atoms with Gasteiger partial charge in [0.05, 0.1) is 28.6 Å². The zero-order chi connectivity index (χ0) is 27.0. The normalized spacial score (nSPS) is 16.1. The van der Waals surface area contributed by atoms with Crippen LogP contribution < -0.4 is 14.8 Å². The van der Waals surface area contributed by atoms with Crippen LogP contribution in [-0.4, -0.2) is 25.5 Å². The van der Waals surface area contributed by atoms with E-state index in [9.17, 15) is 9.59 Å². The number of fused-ring (bicyclic) bond motifs is 2. The fourth-order valence-corrected chi connectivity index (χ4v) is 5.84. The second-order valence-corrected chi connectivity index (χ2v) is 10.5. The van der Waals surface area contributed by atoms with Crippen molar-refractivity contribution in [2.24, 2.45) is 0 Å². The van der Waals surface area contributed by atoms with Crippen LogP contribution in [-0.2, 0) is 16.1 Å². The van der Waals surface area contributed by atoms with E-state index in [-0.39, 0.29) is 5.78 Å². The molecule has 194 valence electrons. The smallest absolute Gasteiger partial charge is 0.336 e. The number of esters is 1. The lowest BCUT2D eigenvalue weighted by atomic mass is 9.79. The van der Waals surface area contributed by atoms with Crippen molar-refractivity contribution in [3.8, 4) is 11.5 Å². The molecular weight excluding hydrogens is 617 g/mol. The van der Waals surface area contributed by atoms with Crippen LogP contribution in [0.4, 0.5) is 0 Å². The molecule has 0 unspecified atom stereocenters. The zero-order valence-corrected chi connectivity index (χ0v) is 24.0. The highest BCUT2D eigenvalue weighted by Gasteiger charge is 2.43. The molecular formula is C30H25ClINO5. The van der Waals surface area contributed by atoms with Gasteiger partial charge in [-0.1, -0.05) is 48.0 Å². The molecule has 0 radical (unpaired) electrons. The van der Waals surface area contributed by atoms with Crippen molar-refractivity contribution in [2.75, 3.05) is 13.7 Å². The van der Waals surface area contributed by atoms with Crippen LogP contribution in [0.2, 0.25) is 5.02 Å². The number of hydrogen-bond donors (Lipinski definition) is 1. The first-order valence-corrected chi connectivity index (χ1v) is 13.6. The van der Waals surface area contributed by atoms with E-state index in [0.717, 1.165) is 26.0 Å². The van der Waals surface area contributed by atoms with E-state index >= 15 is 0 Å². The molecule has 3 aromatic carbocycles. The van der Waals surface area contributed by atoms with Crippen molar-refractivity contribution in [3.63, 3.8) is 0 Å². The van der Waals surface area contributed by atoms with Gasteiger partial charge in [0.15, 0.2) is 17.3 Å². The molecule has 1 aliphatic heterocycles. The Balaban J connectivity index is 1.61. The summed E-state index contributed by atoms with van der Waals surface area (Å²) in [6.45, 7) is 4.47. The van der Waals surface area contributed by atoms with Crippen molar-refractivity contribution in [2.45, 2.75) is 26.4 Å². The average Bonchev–Trinajstić information content (AvgIpc) is 3.19. The molecule has 1 atom stereocenters. The predicted octanol–water partition coefficient (Wildman–Crippen LogP) is 6.66. The summed E-state index contributed by atoms with van der Waals surface area (Å²) in [4.78, 5) is 26.7. The predicted molar refractivity (Wildman–Crippen MR) is 154 cm³/mol. The lowest BCUT2D eigenvalue weighted by Gasteiger charge is -2.29. The van der Waals surface area contributed by atoms with Crippen LogP contribution in [0.1, 0.15) is 46.8 Å². The Morgan fingerprint density at radius 3 is 2.45 bits per heavy atom. The van der Waals surface area contributed by atoms with Gasteiger partial charge in [0.25, 0.3) is 0 Å². The monoisotopic (exact) mass is 641 g/mol. The summed E-state index contributed by atoms with van der Waals surface area (Å²) in [6.07, 6.45) is 0. The number of ketones is 1. The SMILES string of the molecule is CCOc1cc([C@@H]2C(C(=O)OC)=C(C)NC3=C2C(=O)c2ccccc23)cc(I)c1OCc1ccc(Cl)cc1. The summed E-state index contributed by atoms with van der Waals surface area (Å²) < 4.78 is 18.2. The number of methoxy groups -OCH3 is 1. The van der Waals surface area contributed by atoms with Crippen molar-refractivity contribution in [3.05, 3.63) is 108 Å². The molecule has 0 fully saturated rings. The van der Waals surface area contributed by atoms with Gasteiger partial charge < -0.3 is 19.5 Å². The molecule has 0 spiro atoms. The summed E-state index contributed by atoms with van der Waals surface area (Å²) in [6, 6.07) is 18.7. The van der Waals surface area contributed by atoms with Crippen LogP contribution in [0.3, 0.4) is 0 Å². The fraction of sp³-hybridized carbons (Fsp3) is 0.200. The number of allylic oxidation sites excluding steroid dienone is 2. The van der Waals surface area contributed by atoms with E-state index in [1.807, 2.05) is 74.5 Å². The minimum absolute atomic E-state index is 0.113. The molecule has 0 bridgehead atoms. The second-order valence-electron chi connectivity index (χ2n) is 8.93. The Labute approximate surface area is 239 Å². The standard InChI is InChI=1S/C30H25ClINO5/c1-4-37-23-14-18(13-22(32)29(23)38-15-17-9-11-19(31)12-10-17)25-24(30(35)36-3)16(2)33-27-20-7-5-6-8-21(20)28(34)26(25)27/h5-14,25,33H,4,15H2,1-3H3/t25-/m1/s1. The van der Waals surface area contributed by atoms with E-state index in [0.29, 0.717) is 52.1 Å². The quantitative estimate of drug-likeness (QED) is 0.230. The number of Topliss-reactive ketones (excluding diaryl/α,β-unsaturated/α-hetero) is 1. The molecule has 1 heterocycles. The van der Waals surface area contributed by atoms with E-state index in [4.69, 9.17) is 25.8 Å². The van der Waals surface area contributed by atoms with Crippen LogP contribution >= 0.6 is 34.2 Å². The number of nitrogens with one attached hydrogen (secondary N) is 1. The van der Waals surface area contributed by atoms with E-state index in [2.05, 4.69) is 27.9 Å². The zero-order valence-electron chi connectivity index (χ0n) is 21.1. The molecule has 2 aliphatic rings. The third-order valence-electron chi connectivity index (χ3n) is 6.62. The maximum atomic E-state index is 13.7. The van der Waals surface area contributed by atoms with Gasteiger partial charge in [-0.05, 0) is 71.8 Å². The summed E-state index contributed by atoms with van der Waals surface area (Å²) in [5.74, 6) is -0.120. The van der Waals surface area contributed by atoms with Gasteiger partial charge in [0.2, 0.25) is 0 Å². The van der Waals surface area contributed by atoms with Crippen molar-refractivity contribution >= 4 is 51.6 Å². The van der Waals surface area contributed by atoms with Gasteiger partial charge in [-0.2, -0.15) is 0 Å². The highest BCUT2D eigenvalue weighted by molar-refractivity contribution is 14.1. The minimum Gasteiger partial charge on any atom is -0.490 e. The highest BCUT2D eigenvalue weighted by atomic mass is 127. The fourth-order valence-electron chi connectivity index (χ4n) is 4.94. The first-order valence-electron chi connectivity index (χ1n) is 12.1. The Morgan fingerprint density at radius 2 is 1.76 bits per heavy atom. The maximum Gasteiger partial charge on any atom is 0.336 e. The summed E-state index contributed by atoms with van der Waals surface area (Å²) in [5, 5.41) is 3.97. The summed E-state index contributed by atoms with van der Waals surface area (Å²) in [7, 11) is 1.35. The lowest BCUT2D eigenvalue weighted by molar-refractivity contribution is -0.136. The molecule has 5 rings (SSSR count). The lowest BCUT2D eigenvalue weighted by Crippen LogP contribution is -2.29. The number of benzene rings is 3. The number of rotatable bonds is 7. The van der Waals surface area contributed by atoms with Crippen LogP contribution in [0.15, 0.2) is 77.5 Å². The van der Waals surface area contributed by atoms with Crippen LogP contribution in [0.25, 0.3) is 5.70 Å². The molecule has 1 aliphatic carbocycles. The third kappa shape index (κ3) is 4.69. The number of dihydropyridines is 1. The highest BCUT2D eigenvalue weighted by Crippen LogP contribution is 2.48. The van der Waals surface area contributed by atoms with Crippen LogP contribution in [0.5, 0.6) is 11.5 Å². The van der Waals surface area contributed by atoms with Gasteiger partial charge in [0, 0.05) is 33.3 Å². The Morgan fingerprint density at radius 1 is 1.05 bits per heavy atom. The van der Waals surface area contributed by atoms with Gasteiger partial charge in [0.1, 0.15) is 6.61 Å². The molecule has 8 heteroatoms. The van der Waals surface area contributed by atoms with Gasteiger partial charge in [-0.3, -0.25) is 4.79 Å². The summed E-state index contributed by atoms with van der Waals surface area (Å²) in [5.41, 5.74) is 5.40. The molecule has 6 nitrogen and oxygen atoms in total. The van der Waals surface area contributed by atoms with E-state index < -0.39 is 11.9 Å². The van der Waals surface area contributed by atoms with Crippen molar-refractivity contribution in [1.82, 2.24) is 5.32 Å². The molecule has 3 aromatic rings. The Kier molecular flexibility index (Phi) is 7.49. The molecule has 0 saturated carbocycles. The van der Waals surface area contributed by atoms with Crippen molar-refractivity contribution in [1.29, 1.82) is 0 Å². The first-order chi connectivity index (χ1) is 18.3. The largest absolute Gasteiger partial charge is 0.490 e. The molecule has 0 saturated heterocycles. The molecule has 38 heavy (non-hydrogen) atoms. The number of ether oxygens (including phenoxy) is 3. The number of carbonyl (C=O) groups is 2. The minimum atomic E-state index is -0.642. The van der Waals surface area contributed by atoms with E-state index in [1.54, 1.807) is 0 Å². The first kappa shape index (κ1) is 26.3. The number of hydrogen-bond acceptors (Lipinski definition) is 6. The number of carbonyl (C=O) groups excluding carboxylic acids is 2. The number of halogens is 2. The average molecular weight is 642 g/mol. The Hall–Kier alpha value is -3.30. The molecule has 0 amide bonds. The van der Waals surface area contributed by atoms with Gasteiger partial charge in [-0.25, -0.2) is 4.79 Å². The second kappa shape index (κ2) is 10.8. The third-order valence-corrected chi connectivity index (χ3v) is 7.67. The van der Waals surface area contributed by atoms with Gasteiger partial charge in [-0.15, -0.1) is 0 Å². The topological polar surface area (TPSA) is 73.9 Å². The van der Waals surface area contributed by atoms with E-state index in [1.165, 1.54) is 7.11 Å². The van der Waals surface area contributed by atoms with Crippen LogP contribution in [0, 0.1) is 3.57 Å². The molecule has 1 N–H and O–H groups in total. The maximum absolute atomic E-state index is 13.7. The summed E-state index contributed by atoms with van der Waals surface area (Å²) >= 11 is 8.22. The van der Waals surface area contributed by atoms with Gasteiger partial charge >= 0.3 is 5.97 Å². The Bertz CT molecular complexity index is 1510. The van der Waals surface area contributed by atoms with Crippen molar-refractivity contribution < 1.29 is 23.8 Å².